The smallest absolute Gasteiger partial charge is 0.318 e. The lowest BCUT2D eigenvalue weighted by atomic mass is 10.1. The summed E-state index contributed by atoms with van der Waals surface area (Å²) in [6.07, 6.45) is 0.605. The standard InChI is InChI=1S/C10H16N2O3/c1-5(2)7-4-12(10(15)11-7)8-3-6(8)9(13)14/h5-8H,3-4H2,1-2H3,(H,11,15)(H,13,14). The van der Waals surface area contributed by atoms with Crippen molar-refractivity contribution in [3.63, 3.8) is 0 Å². The van der Waals surface area contributed by atoms with Gasteiger partial charge < -0.3 is 15.3 Å². The molecule has 1 saturated carbocycles. The van der Waals surface area contributed by atoms with Gasteiger partial charge in [0.25, 0.3) is 0 Å². The fraction of sp³-hybridized carbons (Fsp3) is 0.800. The molecule has 15 heavy (non-hydrogen) atoms. The molecule has 2 rings (SSSR count). The zero-order valence-corrected chi connectivity index (χ0v) is 8.93. The van der Waals surface area contributed by atoms with E-state index in [1.54, 1.807) is 4.90 Å². The molecule has 5 heteroatoms. The number of carboxylic acid groups (broad SMARTS) is 1. The summed E-state index contributed by atoms with van der Waals surface area (Å²) in [5.41, 5.74) is 0. The van der Waals surface area contributed by atoms with Crippen molar-refractivity contribution in [1.82, 2.24) is 10.2 Å². The third-order valence-corrected chi connectivity index (χ3v) is 3.24. The van der Waals surface area contributed by atoms with Crippen molar-refractivity contribution in [2.45, 2.75) is 32.4 Å². The molecule has 5 nitrogen and oxygen atoms in total. The Morgan fingerprint density at radius 1 is 1.60 bits per heavy atom. The molecular weight excluding hydrogens is 196 g/mol. The van der Waals surface area contributed by atoms with E-state index < -0.39 is 5.97 Å². The maximum atomic E-state index is 11.6. The second-order valence-corrected chi connectivity index (χ2v) is 4.70. The number of amides is 2. The quantitative estimate of drug-likeness (QED) is 0.716. The van der Waals surface area contributed by atoms with Crippen LogP contribution in [-0.2, 0) is 4.79 Å². The molecule has 1 aliphatic carbocycles. The van der Waals surface area contributed by atoms with Crippen LogP contribution in [0, 0.1) is 11.8 Å². The van der Waals surface area contributed by atoms with Crippen LogP contribution in [0.25, 0.3) is 0 Å². The number of carbonyl (C=O) groups is 2. The molecule has 0 aromatic rings. The summed E-state index contributed by atoms with van der Waals surface area (Å²) in [5.74, 6) is -0.747. The lowest BCUT2D eigenvalue weighted by molar-refractivity contribution is -0.138. The lowest BCUT2D eigenvalue weighted by Crippen LogP contribution is -2.32. The first kappa shape index (κ1) is 10.3. The fourth-order valence-electron chi connectivity index (χ4n) is 2.04. The van der Waals surface area contributed by atoms with Crippen LogP contribution in [-0.4, -0.2) is 40.6 Å². The second kappa shape index (κ2) is 3.40. The van der Waals surface area contributed by atoms with Gasteiger partial charge in [0.15, 0.2) is 0 Å². The number of hydrogen-bond acceptors (Lipinski definition) is 2. The maximum Gasteiger partial charge on any atom is 0.318 e. The van der Waals surface area contributed by atoms with E-state index in [0.717, 1.165) is 0 Å². The SMILES string of the molecule is CC(C)C1CN(C2CC2C(=O)O)C(=O)N1. The first-order valence-electron chi connectivity index (χ1n) is 5.30. The first-order valence-corrected chi connectivity index (χ1v) is 5.30. The fourth-order valence-corrected chi connectivity index (χ4v) is 2.04. The second-order valence-electron chi connectivity index (χ2n) is 4.70. The summed E-state index contributed by atoms with van der Waals surface area (Å²) in [6.45, 7) is 4.75. The van der Waals surface area contributed by atoms with E-state index in [4.69, 9.17) is 5.11 Å². The van der Waals surface area contributed by atoms with E-state index in [0.29, 0.717) is 18.9 Å². The topological polar surface area (TPSA) is 69.6 Å². The molecule has 1 saturated heterocycles. The summed E-state index contributed by atoms with van der Waals surface area (Å²) in [5, 5.41) is 11.7. The van der Waals surface area contributed by atoms with Crippen LogP contribution in [0.2, 0.25) is 0 Å². The molecule has 1 heterocycles. The first-order chi connectivity index (χ1) is 7.00. The maximum absolute atomic E-state index is 11.6. The third-order valence-electron chi connectivity index (χ3n) is 3.24. The Morgan fingerprint density at radius 3 is 2.67 bits per heavy atom. The van der Waals surface area contributed by atoms with Gasteiger partial charge in [-0.05, 0) is 12.3 Å². The highest BCUT2D eigenvalue weighted by Gasteiger charge is 2.51. The molecule has 84 valence electrons. The number of carbonyl (C=O) groups excluding carboxylic acids is 1. The minimum Gasteiger partial charge on any atom is -0.481 e. The normalized spacial score (nSPS) is 34.5. The van der Waals surface area contributed by atoms with Gasteiger partial charge in [0.05, 0.1) is 12.0 Å². The predicted octanol–water partition coefficient (Wildman–Crippen LogP) is 0.509. The van der Waals surface area contributed by atoms with Crippen LogP contribution >= 0.6 is 0 Å². The lowest BCUT2D eigenvalue weighted by Gasteiger charge is -2.15. The number of carboxylic acids is 1. The number of nitrogens with one attached hydrogen (secondary N) is 1. The van der Waals surface area contributed by atoms with Crippen LogP contribution in [0.3, 0.4) is 0 Å². The number of rotatable bonds is 3. The zero-order chi connectivity index (χ0) is 11.2. The van der Waals surface area contributed by atoms with Gasteiger partial charge in [-0.2, -0.15) is 0 Å². The van der Waals surface area contributed by atoms with Crippen LogP contribution in [0.4, 0.5) is 4.79 Å². The van der Waals surface area contributed by atoms with Gasteiger partial charge in [-0.3, -0.25) is 4.79 Å². The van der Waals surface area contributed by atoms with E-state index in [-0.39, 0.29) is 24.0 Å². The van der Waals surface area contributed by atoms with Gasteiger partial charge in [0.1, 0.15) is 0 Å². The van der Waals surface area contributed by atoms with Crippen molar-refractivity contribution in [2.24, 2.45) is 11.8 Å². The number of urea groups is 1. The van der Waals surface area contributed by atoms with Crippen LogP contribution in [0.1, 0.15) is 20.3 Å². The largest absolute Gasteiger partial charge is 0.481 e. The molecule has 2 amide bonds. The van der Waals surface area contributed by atoms with Crippen molar-refractivity contribution in [2.75, 3.05) is 6.54 Å². The van der Waals surface area contributed by atoms with Gasteiger partial charge in [-0.25, -0.2) is 4.79 Å². The summed E-state index contributed by atoms with van der Waals surface area (Å²) >= 11 is 0. The molecule has 0 radical (unpaired) electrons. The van der Waals surface area contributed by atoms with Crippen molar-refractivity contribution in [3.05, 3.63) is 0 Å². The molecule has 3 unspecified atom stereocenters. The Morgan fingerprint density at radius 2 is 2.27 bits per heavy atom. The average Bonchev–Trinajstić information content (AvgIpc) is 2.84. The van der Waals surface area contributed by atoms with Crippen LogP contribution < -0.4 is 5.32 Å². The number of aliphatic carboxylic acids is 1. The van der Waals surface area contributed by atoms with Crippen molar-refractivity contribution >= 4 is 12.0 Å². The molecule has 0 bridgehead atoms. The Labute approximate surface area is 88.4 Å². The summed E-state index contributed by atoms with van der Waals surface area (Å²) in [6, 6.07) is -0.0266. The number of nitrogens with zero attached hydrogens (tertiary/aromatic N) is 1. The Hall–Kier alpha value is -1.26. The van der Waals surface area contributed by atoms with E-state index >= 15 is 0 Å². The van der Waals surface area contributed by atoms with Crippen LogP contribution in [0.5, 0.6) is 0 Å². The summed E-state index contributed by atoms with van der Waals surface area (Å²) < 4.78 is 0. The molecule has 0 aromatic carbocycles. The molecule has 1 aliphatic heterocycles. The van der Waals surface area contributed by atoms with Crippen LogP contribution in [0.15, 0.2) is 0 Å². The highest BCUT2D eigenvalue weighted by Crippen LogP contribution is 2.37. The summed E-state index contributed by atoms with van der Waals surface area (Å²) in [4.78, 5) is 23.9. The monoisotopic (exact) mass is 212 g/mol. The van der Waals surface area contributed by atoms with Crippen molar-refractivity contribution in [1.29, 1.82) is 0 Å². The van der Waals surface area contributed by atoms with E-state index in [1.807, 2.05) is 0 Å². The third kappa shape index (κ3) is 1.78. The molecule has 0 aromatic heterocycles. The summed E-state index contributed by atoms with van der Waals surface area (Å²) in [7, 11) is 0. The highest BCUT2D eigenvalue weighted by atomic mass is 16.4. The molecule has 2 N–H and O–H groups in total. The van der Waals surface area contributed by atoms with Gasteiger partial charge in [0.2, 0.25) is 0 Å². The van der Waals surface area contributed by atoms with Crippen molar-refractivity contribution in [3.8, 4) is 0 Å². The number of hydrogen-bond donors (Lipinski definition) is 2. The molecule has 0 spiro atoms. The average molecular weight is 212 g/mol. The molecule has 2 aliphatic rings. The molecule has 3 atom stereocenters. The van der Waals surface area contributed by atoms with E-state index in [9.17, 15) is 9.59 Å². The van der Waals surface area contributed by atoms with Gasteiger partial charge >= 0.3 is 12.0 Å². The Balaban J connectivity index is 1.96. The van der Waals surface area contributed by atoms with Gasteiger partial charge in [-0.15, -0.1) is 0 Å². The Bertz CT molecular complexity index is 303. The van der Waals surface area contributed by atoms with Gasteiger partial charge in [0, 0.05) is 12.6 Å². The predicted molar refractivity (Wildman–Crippen MR) is 53.4 cm³/mol. The Kier molecular flexibility index (Phi) is 2.32. The van der Waals surface area contributed by atoms with Gasteiger partial charge in [-0.1, -0.05) is 13.8 Å². The molecular formula is C10H16N2O3. The minimum atomic E-state index is -0.791. The van der Waals surface area contributed by atoms with Crippen molar-refractivity contribution < 1.29 is 14.7 Å². The van der Waals surface area contributed by atoms with E-state index in [1.165, 1.54) is 0 Å². The van der Waals surface area contributed by atoms with E-state index in [2.05, 4.69) is 19.2 Å². The zero-order valence-electron chi connectivity index (χ0n) is 8.93. The molecule has 2 fully saturated rings. The minimum absolute atomic E-state index is 0.0775. The highest BCUT2D eigenvalue weighted by molar-refractivity contribution is 5.81.